The van der Waals surface area contributed by atoms with E-state index in [2.05, 4.69) is 5.32 Å². The molecule has 126 valence electrons. The summed E-state index contributed by atoms with van der Waals surface area (Å²) >= 11 is 1.33. The Hall–Kier alpha value is -2.21. The van der Waals surface area contributed by atoms with Crippen LogP contribution in [0.5, 0.6) is 0 Å². The molecule has 0 unspecified atom stereocenters. The first-order valence-electron chi connectivity index (χ1n) is 7.92. The van der Waals surface area contributed by atoms with Crippen molar-refractivity contribution < 1.29 is 14.0 Å². The molecule has 0 spiro atoms. The molecule has 2 heterocycles. The lowest BCUT2D eigenvalue weighted by atomic mass is 10.0. The fourth-order valence-electron chi connectivity index (χ4n) is 3.11. The molecule has 0 aliphatic carbocycles. The SMILES string of the molecule is C[C@H]1C[C@@H](c2ccccc2F)N(C(=O)CNC(=O)c2cccs2)C1. The maximum absolute atomic E-state index is 14.1. The Bertz CT molecular complexity index is 732. The van der Waals surface area contributed by atoms with Gasteiger partial charge >= 0.3 is 0 Å². The summed E-state index contributed by atoms with van der Waals surface area (Å²) in [6.07, 6.45) is 0.728. The number of likely N-dealkylation sites (tertiary alicyclic amines) is 1. The Kier molecular flexibility index (Phi) is 4.94. The van der Waals surface area contributed by atoms with Crippen LogP contribution in [0.15, 0.2) is 41.8 Å². The first kappa shape index (κ1) is 16.6. The van der Waals surface area contributed by atoms with E-state index in [1.807, 2.05) is 12.3 Å². The number of thiophene rings is 1. The fourth-order valence-corrected chi connectivity index (χ4v) is 3.75. The van der Waals surface area contributed by atoms with Crippen LogP contribution in [0.4, 0.5) is 4.39 Å². The number of halogens is 1. The monoisotopic (exact) mass is 346 g/mol. The van der Waals surface area contributed by atoms with Crippen LogP contribution in [0.2, 0.25) is 0 Å². The average Bonchev–Trinajstić information content (AvgIpc) is 3.22. The lowest BCUT2D eigenvalue weighted by Crippen LogP contribution is -2.40. The third kappa shape index (κ3) is 3.48. The lowest BCUT2D eigenvalue weighted by molar-refractivity contribution is -0.131. The smallest absolute Gasteiger partial charge is 0.261 e. The number of carbonyl (C=O) groups excluding carboxylic acids is 2. The van der Waals surface area contributed by atoms with Crippen LogP contribution in [0.1, 0.15) is 34.6 Å². The van der Waals surface area contributed by atoms with Crippen LogP contribution < -0.4 is 5.32 Å². The third-order valence-corrected chi connectivity index (χ3v) is 5.11. The van der Waals surface area contributed by atoms with Crippen molar-refractivity contribution in [3.8, 4) is 0 Å². The van der Waals surface area contributed by atoms with Gasteiger partial charge in [0.25, 0.3) is 5.91 Å². The van der Waals surface area contributed by atoms with Crippen molar-refractivity contribution in [1.29, 1.82) is 0 Å². The summed E-state index contributed by atoms with van der Waals surface area (Å²) < 4.78 is 14.1. The van der Waals surface area contributed by atoms with E-state index in [1.54, 1.807) is 35.2 Å². The van der Waals surface area contributed by atoms with Crippen LogP contribution in [0.25, 0.3) is 0 Å². The van der Waals surface area contributed by atoms with Crippen LogP contribution in [-0.2, 0) is 4.79 Å². The predicted octanol–water partition coefficient (Wildman–Crippen LogP) is 3.23. The van der Waals surface area contributed by atoms with Crippen LogP contribution in [0, 0.1) is 11.7 Å². The number of hydrogen-bond acceptors (Lipinski definition) is 3. The number of benzene rings is 1. The zero-order valence-corrected chi connectivity index (χ0v) is 14.2. The van der Waals surface area contributed by atoms with Gasteiger partial charge in [0.2, 0.25) is 5.91 Å². The predicted molar refractivity (Wildman–Crippen MR) is 91.3 cm³/mol. The van der Waals surface area contributed by atoms with Crippen LogP contribution >= 0.6 is 11.3 Å². The molecular weight excluding hydrogens is 327 g/mol. The second-order valence-corrected chi connectivity index (χ2v) is 7.03. The number of carbonyl (C=O) groups is 2. The molecule has 4 nitrogen and oxygen atoms in total. The van der Waals surface area contributed by atoms with Crippen LogP contribution in [-0.4, -0.2) is 29.8 Å². The van der Waals surface area contributed by atoms with E-state index in [4.69, 9.17) is 0 Å². The minimum atomic E-state index is -0.294. The van der Waals surface area contributed by atoms with Gasteiger partial charge in [-0.25, -0.2) is 4.39 Å². The molecule has 1 saturated heterocycles. The van der Waals surface area contributed by atoms with Gasteiger partial charge in [-0.2, -0.15) is 0 Å². The molecule has 2 aromatic rings. The van der Waals surface area contributed by atoms with Crippen molar-refractivity contribution in [3.05, 3.63) is 58.0 Å². The fraction of sp³-hybridized carbons (Fsp3) is 0.333. The minimum Gasteiger partial charge on any atom is -0.342 e. The highest BCUT2D eigenvalue weighted by molar-refractivity contribution is 7.12. The highest BCUT2D eigenvalue weighted by atomic mass is 32.1. The van der Waals surface area contributed by atoms with E-state index in [9.17, 15) is 14.0 Å². The van der Waals surface area contributed by atoms with Gasteiger partial charge in [0.15, 0.2) is 0 Å². The van der Waals surface area contributed by atoms with Gasteiger partial charge in [0.1, 0.15) is 5.82 Å². The molecule has 6 heteroatoms. The normalized spacial score (nSPS) is 20.2. The number of hydrogen-bond donors (Lipinski definition) is 1. The molecule has 0 saturated carbocycles. The van der Waals surface area contributed by atoms with Gasteiger partial charge in [0.05, 0.1) is 17.5 Å². The number of nitrogens with zero attached hydrogens (tertiary/aromatic N) is 1. The number of rotatable bonds is 4. The first-order valence-corrected chi connectivity index (χ1v) is 8.80. The zero-order valence-electron chi connectivity index (χ0n) is 13.4. The third-order valence-electron chi connectivity index (χ3n) is 4.24. The number of amides is 2. The topological polar surface area (TPSA) is 49.4 Å². The molecule has 1 fully saturated rings. The van der Waals surface area contributed by atoms with Gasteiger partial charge in [-0.15, -0.1) is 11.3 Å². The van der Waals surface area contributed by atoms with Crippen molar-refractivity contribution in [1.82, 2.24) is 10.2 Å². The molecule has 2 atom stereocenters. The summed E-state index contributed by atoms with van der Waals surface area (Å²) in [4.78, 5) is 26.8. The van der Waals surface area contributed by atoms with Gasteiger partial charge in [-0.3, -0.25) is 9.59 Å². The van der Waals surface area contributed by atoms with Crippen molar-refractivity contribution in [2.75, 3.05) is 13.1 Å². The summed E-state index contributed by atoms with van der Waals surface area (Å²) in [5.41, 5.74) is 0.541. The molecule has 3 rings (SSSR count). The van der Waals surface area contributed by atoms with E-state index in [0.29, 0.717) is 22.9 Å². The van der Waals surface area contributed by atoms with Crippen molar-refractivity contribution in [3.63, 3.8) is 0 Å². The zero-order chi connectivity index (χ0) is 17.1. The van der Waals surface area contributed by atoms with Gasteiger partial charge in [0, 0.05) is 12.1 Å². The largest absolute Gasteiger partial charge is 0.342 e. The Morgan fingerprint density at radius 3 is 2.79 bits per heavy atom. The van der Waals surface area contributed by atoms with E-state index in [1.165, 1.54) is 17.4 Å². The van der Waals surface area contributed by atoms with Crippen molar-refractivity contribution >= 4 is 23.2 Å². The summed E-state index contributed by atoms with van der Waals surface area (Å²) in [7, 11) is 0. The van der Waals surface area contributed by atoms with Gasteiger partial charge in [-0.05, 0) is 29.9 Å². The average molecular weight is 346 g/mol. The first-order chi connectivity index (χ1) is 11.6. The Labute approximate surface area is 144 Å². The highest BCUT2D eigenvalue weighted by Gasteiger charge is 2.35. The van der Waals surface area contributed by atoms with Crippen molar-refractivity contribution in [2.24, 2.45) is 5.92 Å². The molecule has 2 amide bonds. The second kappa shape index (κ2) is 7.13. The molecule has 1 aromatic carbocycles. The molecule has 1 aliphatic rings. The maximum atomic E-state index is 14.1. The molecule has 1 aromatic heterocycles. The molecule has 0 radical (unpaired) electrons. The van der Waals surface area contributed by atoms with E-state index in [0.717, 1.165) is 6.42 Å². The molecule has 0 bridgehead atoms. The van der Waals surface area contributed by atoms with Crippen LogP contribution in [0.3, 0.4) is 0 Å². The Balaban J connectivity index is 1.68. The minimum absolute atomic E-state index is 0.0750. The van der Waals surface area contributed by atoms with Gasteiger partial charge < -0.3 is 10.2 Å². The summed E-state index contributed by atoms with van der Waals surface area (Å²) in [5.74, 6) is -0.436. The molecule has 1 N–H and O–H groups in total. The van der Waals surface area contributed by atoms with Gasteiger partial charge in [-0.1, -0.05) is 31.2 Å². The quantitative estimate of drug-likeness (QED) is 0.924. The molecule has 24 heavy (non-hydrogen) atoms. The second-order valence-electron chi connectivity index (χ2n) is 6.08. The van der Waals surface area contributed by atoms with E-state index < -0.39 is 0 Å². The maximum Gasteiger partial charge on any atom is 0.261 e. The summed E-state index contributed by atoms with van der Waals surface area (Å²) in [6.45, 7) is 2.55. The number of nitrogens with one attached hydrogen (secondary N) is 1. The standard InChI is InChI=1S/C18H19FN2O2S/c1-12-9-15(13-5-2-3-6-14(13)19)21(11-12)17(22)10-20-18(23)16-7-4-8-24-16/h2-8,12,15H,9-11H2,1H3,(H,20,23)/t12-,15-/m0/s1. The summed E-state index contributed by atoms with van der Waals surface area (Å²) in [6, 6.07) is 9.80. The Morgan fingerprint density at radius 1 is 1.29 bits per heavy atom. The van der Waals surface area contributed by atoms with E-state index in [-0.39, 0.29) is 30.2 Å². The molecule has 1 aliphatic heterocycles. The van der Waals surface area contributed by atoms with E-state index >= 15 is 0 Å². The molecular formula is C18H19FN2O2S. The lowest BCUT2D eigenvalue weighted by Gasteiger charge is -2.25. The van der Waals surface area contributed by atoms with Crippen molar-refractivity contribution in [2.45, 2.75) is 19.4 Å². The summed E-state index contributed by atoms with van der Waals surface area (Å²) in [5, 5.41) is 4.46. The highest BCUT2D eigenvalue weighted by Crippen LogP contribution is 2.36. The Morgan fingerprint density at radius 2 is 2.08 bits per heavy atom.